The summed E-state index contributed by atoms with van der Waals surface area (Å²) in [7, 11) is -2.58. The number of ether oxygens (including phenoxy) is 1. The van der Waals surface area contributed by atoms with Gasteiger partial charge in [-0.3, -0.25) is 4.79 Å². The van der Waals surface area contributed by atoms with E-state index in [-0.39, 0.29) is 34.6 Å². The Balaban J connectivity index is 2.49. The second-order valence-electron chi connectivity index (χ2n) is 10.0. The van der Waals surface area contributed by atoms with Crippen molar-refractivity contribution in [3.8, 4) is 11.5 Å². The smallest absolute Gasteiger partial charge is 0.339 e. The monoisotopic (exact) mass is 504 g/mol. The Hall–Kier alpha value is -2.74. The third-order valence-electron chi connectivity index (χ3n) is 5.69. The van der Waals surface area contributed by atoms with Crippen LogP contribution >= 0.6 is 0 Å². The van der Waals surface area contributed by atoms with E-state index in [4.69, 9.17) is 8.92 Å². The number of anilines is 1. The second-order valence-corrected chi connectivity index (χ2v) is 11.6. The summed E-state index contributed by atoms with van der Waals surface area (Å²) in [5, 5.41) is 0. The van der Waals surface area contributed by atoms with Gasteiger partial charge in [0.2, 0.25) is 5.91 Å². The lowest BCUT2D eigenvalue weighted by molar-refractivity contribution is -0.135. The summed E-state index contributed by atoms with van der Waals surface area (Å²) >= 11 is 0. The molecule has 0 heterocycles. The van der Waals surface area contributed by atoms with Crippen LogP contribution in [0, 0.1) is 5.41 Å². The van der Waals surface area contributed by atoms with E-state index in [1.807, 2.05) is 60.6 Å². The molecule has 0 atom stereocenters. The maximum atomic E-state index is 13.2. The molecule has 2 rings (SSSR count). The van der Waals surface area contributed by atoms with Crippen molar-refractivity contribution in [3.05, 3.63) is 48.0 Å². The van der Waals surface area contributed by atoms with E-state index in [2.05, 4.69) is 4.90 Å². The Morgan fingerprint density at radius 3 is 2.09 bits per heavy atom. The van der Waals surface area contributed by atoms with E-state index in [9.17, 15) is 13.2 Å². The fraction of sp³-hybridized carbons (Fsp3) is 0.519. The molecule has 0 bridgehead atoms. The zero-order valence-electron chi connectivity index (χ0n) is 22.3. The van der Waals surface area contributed by atoms with Crippen LogP contribution in [0.4, 0.5) is 5.69 Å². The molecule has 0 aliphatic heterocycles. The quantitative estimate of drug-likeness (QED) is 0.377. The van der Waals surface area contributed by atoms with Crippen LogP contribution < -0.4 is 13.8 Å². The van der Waals surface area contributed by atoms with E-state index in [1.165, 1.54) is 19.2 Å². The lowest BCUT2D eigenvalue weighted by atomic mass is 9.91. The zero-order valence-corrected chi connectivity index (χ0v) is 23.1. The lowest BCUT2D eigenvalue weighted by Crippen LogP contribution is -2.38. The topological polar surface area (TPSA) is 76.2 Å². The fourth-order valence-electron chi connectivity index (χ4n) is 3.74. The number of hydrogen-bond acceptors (Lipinski definition) is 6. The standard InChI is InChI=1S/C27H40N2O5S/c1-9-28(10-2)22-12-11-21(19-29(20(3)4)26(30)18-27(5,6)7)25(17-22)34-35(31,32)24-15-13-23(33-8)14-16-24/h11-17,20H,9-10,18-19H2,1-8H3. The maximum absolute atomic E-state index is 13.2. The van der Waals surface area contributed by atoms with Gasteiger partial charge in [-0.2, -0.15) is 8.42 Å². The van der Waals surface area contributed by atoms with Crippen LogP contribution in [0.5, 0.6) is 11.5 Å². The first-order chi connectivity index (χ1) is 16.3. The molecule has 2 aromatic carbocycles. The number of amides is 1. The highest BCUT2D eigenvalue weighted by molar-refractivity contribution is 7.87. The van der Waals surface area contributed by atoms with Crippen molar-refractivity contribution in [1.29, 1.82) is 0 Å². The van der Waals surface area contributed by atoms with Crippen LogP contribution in [0.3, 0.4) is 0 Å². The summed E-state index contributed by atoms with van der Waals surface area (Å²) in [5.41, 5.74) is 1.33. The maximum Gasteiger partial charge on any atom is 0.339 e. The summed E-state index contributed by atoms with van der Waals surface area (Å²) in [4.78, 5) is 17.0. The first-order valence-electron chi connectivity index (χ1n) is 12.1. The van der Waals surface area contributed by atoms with Gasteiger partial charge in [0.15, 0.2) is 0 Å². The van der Waals surface area contributed by atoms with E-state index in [1.54, 1.807) is 23.1 Å². The minimum Gasteiger partial charge on any atom is -0.497 e. The molecule has 0 aliphatic carbocycles. The minimum atomic E-state index is -4.10. The molecule has 194 valence electrons. The average Bonchev–Trinajstić information content (AvgIpc) is 2.77. The summed E-state index contributed by atoms with van der Waals surface area (Å²) in [6.45, 7) is 15.9. The molecule has 1 amide bonds. The average molecular weight is 505 g/mol. The second kappa shape index (κ2) is 11.8. The van der Waals surface area contributed by atoms with Gasteiger partial charge in [-0.25, -0.2) is 0 Å². The van der Waals surface area contributed by atoms with Gasteiger partial charge in [-0.05, 0) is 63.4 Å². The predicted octanol–water partition coefficient (Wildman–Crippen LogP) is 5.48. The Morgan fingerprint density at radius 2 is 1.60 bits per heavy atom. The summed E-state index contributed by atoms with van der Waals surface area (Å²) in [6, 6.07) is 11.6. The van der Waals surface area contributed by atoms with Crippen molar-refractivity contribution in [2.24, 2.45) is 5.41 Å². The number of rotatable bonds is 11. The van der Waals surface area contributed by atoms with Crippen molar-refractivity contribution in [3.63, 3.8) is 0 Å². The molecule has 8 heteroatoms. The van der Waals surface area contributed by atoms with Gasteiger partial charge in [-0.1, -0.05) is 26.8 Å². The van der Waals surface area contributed by atoms with Gasteiger partial charge < -0.3 is 18.7 Å². The number of nitrogens with zero attached hydrogens (tertiary/aromatic N) is 2. The van der Waals surface area contributed by atoms with E-state index in [0.717, 1.165) is 18.8 Å². The summed E-state index contributed by atoms with van der Waals surface area (Å²) in [6.07, 6.45) is 0.392. The van der Waals surface area contributed by atoms with Crippen LogP contribution in [-0.2, 0) is 21.5 Å². The van der Waals surface area contributed by atoms with Gasteiger partial charge in [0.1, 0.15) is 16.4 Å². The molecule has 0 unspecified atom stereocenters. The molecule has 0 fully saturated rings. The summed E-state index contributed by atoms with van der Waals surface area (Å²) < 4.78 is 37.1. The van der Waals surface area contributed by atoms with Crippen molar-refractivity contribution < 1.29 is 22.1 Å². The van der Waals surface area contributed by atoms with Crippen molar-refractivity contribution in [1.82, 2.24) is 4.90 Å². The number of hydrogen-bond donors (Lipinski definition) is 0. The van der Waals surface area contributed by atoms with Gasteiger partial charge in [0, 0.05) is 49.4 Å². The SMILES string of the molecule is CCN(CC)c1ccc(CN(C(=O)CC(C)(C)C)C(C)C)c(OS(=O)(=O)c2ccc(OC)cc2)c1. The number of benzene rings is 2. The molecule has 35 heavy (non-hydrogen) atoms. The minimum absolute atomic E-state index is 0.0179. The largest absolute Gasteiger partial charge is 0.497 e. The highest BCUT2D eigenvalue weighted by Crippen LogP contribution is 2.31. The molecule has 0 spiro atoms. The molecule has 0 aromatic heterocycles. The molecule has 7 nitrogen and oxygen atoms in total. The number of methoxy groups -OCH3 is 1. The number of carbonyl (C=O) groups is 1. The third-order valence-corrected chi connectivity index (χ3v) is 6.94. The number of carbonyl (C=O) groups excluding carboxylic acids is 1. The zero-order chi connectivity index (χ0) is 26.4. The Labute approximate surface area is 211 Å². The fourth-order valence-corrected chi connectivity index (χ4v) is 4.70. The van der Waals surface area contributed by atoms with Gasteiger partial charge in [-0.15, -0.1) is 0 Å². The van der Waals surface area contributed by atoms with Crippen LogP contribution in [0.15, 0.2) is 47.4 Å². The van der Waals surface area contributed by atoms with E-state index >= 15 is 0 Å². The van der Waals surface area contributed by atoms with E-state index < -0.39 is 10.1 Å². The molecule has 0 saturated heterocycles. The van der Waals surface area contributed by atoms with Gasteiger partial charge in [0.05, 0.1) is 7.11 Å². The Kier molecular flexibility index (Phi) is 9.60. The highest BCUT2D eigenvalue weighted by Gasteiger charge is 2.26. The molecule has 0 saturated carbocycles. The van der Waals surface area contributed by atoms with Gasteiger partial charge >= 0.3 is 10.1 Å². The Bertz CT molecular complexity index is 1090. The molecular formula is C27H40N2O5S. The van der Waals surface area contributed by atoms with Crippen LogP contribution in [-0.4, -0.2) is 45.5 Å². The van der Waals surface area contributed by atoms with Crippen molar-refractivity contribution in [2.75, 3.05) is 25.1 Å². The lowest BCUT2D eigenvalue weighted by Gasteiger charge is -2.31. The highest BCUT2D eigenvalue weighted by atomic mass is 32.2. The van der Waals surface area contributed by atoms with E-state index in [0.29, 0.717) is 17.7 Å². The Morgan fingerprint density at radius 1 is 1.00 bits per heavy atom. The van der Waals surface area contributed by atoms with Gasteiger partial charge in [0.25, 0.3) is 0 Å². The van der Waals surface area contributed by atoms with Crippen molar-refractivity contribution >= 4 is 21.7 Å². The molecule has 0 radical (unpaired) electrons. The van der Waals surface area contributed by atoms with Crippen LogP contribution in [0.2, 0.25) is 0 Å². The van der Waals surface area contributed by atoms with Crippen molar-refractivity contribution in [2.45, 2.75) is 72.4 Å². The molecule has 0 aliphatic rings. The normalized spacial score (nSPS) is 11.9. The molecule has 0 N–H and O–H groups in total. The molecular weight excluding hydrogens is 464 g/mol. The van der Waals surface area contributed by atoms with Crippen LogP contribution in [0.1, 0.15) is 60.5 Å². The first-order valence-corrected chi connectivity index (χ1v) is 13.5. The first kappa shape index (κ1) is 28.5. The predicted molar refractivity (Wildman–Crippen MR) is 141 cm³/mol. The third kappa shape index (κ3) is 7.88. The summed E-state index contributed by atoms with van der Waals surface area (Å²) in [5.74, 6) is 0.793. The van der Waals surface area contributed by atoms with Crippen LogP contribution in [0.25, 0.3) is 0 Å². The molecule has 2 aromatic rings.